The molecule has 0 aliphatic rings. The number of halogens is 3. The minimum Gasteiger partial charge on any atom is -0.486 e. The topological polar surface area (TPSA) is 75.6 Å². The van der Waals surface area contributed by atoms with E-state index in [0.717, 1.165) is 41.7 Å². The van der Waals surface area contributed by atoms with Crippen molar-refractivity contribution in [3.63, 3.8) is 0 Å². The number of hydrogen-bond donors (Lipinski definition) is 2. The minimum absolute atomic E-state index is 0.0345. The standard InChI is InChI=1S/C29H30F3NO4/c1-4-5-26(37-24-13-8-21(9-14-24)27(34)33-17-19(3)28(35)36)25-15-10-22(16-18(25)2)20-6-11-23(12-7-20)29(30,31)32/h6-16,19,26H,4-5,17H2,1-3H3,(H,33,34)(H,35,36)/t19-,26+/m0/s1. The van der Waals surface area contributed by atoms with E-state index >= 15 is 0 Å². The van der Waals surface area contributed by atoms with E-state index in [1.807, 2.05) is 32.0 Å². The van der Waals surface area contributed by atoms with E-state index in [1.54, 1.807) is 24.3 Å². The zero-order chi connectivity index (χ0) is 27.2. The second kappa shape index (κ2) is 12.0. The lowest BCUT2D eigenvalue weighted by Gasteiger charge is -2.22. The van der Waals surface area contributed by atoms with E-state index in [0.29, 0.717) is 16.9 Å². The van der Waals surface area contributed by atoms with Crippen LogP contribution in [0.25, 0.3) is 11.1 Å². The van der Waals surface area contributed by atoms with Crippen molar-refractivity contribution in [1.82, 2.24) is 5.32 Å². The molecule has 0 saturated heterocycles. The molecule has 3 rings (SSSR count). The molecule has 5 nitrogen and oxygen atoms in total. The average Bonchev–Trinajstić information content (AvgIpc) is 2.86. The van der Waals surface area contributed by atoms with Gasteiger partial charge in [-0.15, -0.1) is 0 Å². The molecular weight excluding hydrogens is 483 g/mol. The van der Waals surface area contributed by atoms with E-state index in [9.17, 15) is 22.8 Å². The predicted octanol–water partition coefficient (Wildman–Crippen LogP) is 7.05. The molecule has 8 heteroatoms. The third-order valence-electron chi connectivity index (χ3n) is 6.10. The van der Waals surface area contributed by atoms with Crippen LogP contribution >= 0.6 is 0 Å². The number of nitrogens with one attached hydrogen (secondary N) is 1. The lowest BCUT2D eigenvalue weighted by atomic mass is 9.95. The molecule has 3 aromatic carbocycles. The smallest absolute Gasteiger partial charge is 0.416 e. The monoisotopic (exact) mass is 513 g/mol. The summed E-state index contributed by atoms with van der Waals surface area (Å²) in [4.78, 5) is 23.2. The van der Waals surface area contributed by atoms with Crippen molar-refractivity contribution in [2.45, 2.75) is 45.9 Å². The molecule has 0 unspecified atom stereocenters. The number of benzene rings is 3. The van der Waals surface area contributed by atoms with Gasteiger partial charge in [-0.2, -0.15) is 13.2 Å². The van der Waals surface area contributed by atoms with Gasteiger partial charge >= 0.3 is 12.1 Å². The molecule has 3 aromatic rings. The fourth-order valence-electron chi connectivity index (χ4n) is 3.89. The Labute approximate surface area is 214 Å². The van der Waals surface area contributed by atoms with Crippen molar-refractivity contribution in [3.05, 3.63) is 89.0 Å². The Morgan fingerprint density at radius 2 is 1.59 bits per heavy atom. The zero-order valence-electron chi connectivity index (χ0n) is 20.9. The van der Waals surface area contributed by atoms with Crippen LogP contribution in [0.5, 0.6) is 5.75 Å². The maximum absolute atomic E-state index is 12.9. The van der Waals surface area contributed by atoms with E-state index in [2.05, 4.69) is 5.32 Å². The number of alkyl halides is 3. The first kappa shape index (κ1) is 27.8. The maximum Gasteiger partial charge on any atom is 0.416 e. The average molecular weight is 514 g/mol. The first-order valence-electron chi connectivity index (χ1n) is 12.1. The van der Waals surface area contributed by atoms with Crippen LogP contribution in [0.2, 0.25) is 0 Å². The van der Waals surface area contributed by atoms with Crippen LogP contribution in [0.1, 0.15) is 59.8 Å². The van der Waals surface area contributed by atoms with Gasteiger partial charge in [0.2, 0.25) is 0 Å². The second-order valence-electron chi connectivity index (χ2n) is 9.02. The molecule has 0 heterocycles. The van der Waals surface area contributed by atoms with Gasteiger partial charge in [0, 0.05) is 12.1 Å². The quantitative estimate of drug-likeness (QED) is 0.305. The molecule has 0 aromatic heterocycles. The van der Waals surface area contributed by atoms with Crippen molar-refractivity contribution in [2.24, 2.45) is 5.92 Å². The summed E-state index contributed by atoms with van der Waals surface area (Å²) in [6.45, 7) is 5.55. The third kappa shape index (κ3) is 7.35. The summed E-state index contributed by atoms with van der Waals surface area (Å²) in [5, 5.41) is 11.6. The summed E-state index contributed by atoms with van der Waals surface area (Å²) in [5.74, 6) is -1.44. The largest absolute Gasteiger partial charge is 0.486 e. The van der Waals surface area contributed by atoms with Gasteiger partial charge in [-0.25, -0.2) is 0 Å². The molecule has 2 N–H and O–H groups in total. The van der Waals surface area contributed by atoms with Gasteiger partial charge in [0.25, 0.3) is 5.91 Å². The zero-order valence-corrected chi connectivity index (χ0v) is 20.9. The van der Waals surface area contributed by atoms with Crippen LogP contribution in [0, 0.1) is 12.8 Å². The number of carbonyl (C=O) groups excluding carboxylic acids is 1. The highest BCUT2D eigenvalue weighted by Gasteiger charge is 2.30. The Morgan fingerprint density at radius 3 is 2.14 bits per heavy atom. The molecule has 0 fully saturated rings. The Balaban J connectivity index is 1.73. The van der Waals surface area contributed by atoms with E-state index < -0.39 is 23.6 Å². The molecule has 1 amide bonds. The van der Waals surface area contributed by atoms with Gasteiger partial charge in [-0.1, -0.05) is 50.6 Å². The molecular formula is C29H30F3NO4. The van der Waals surface area contributed by atoms with Crippen LogP contribution in [-0.4, -0.2) is 23.5 Å². The van der Waals surface area contributed by atoms with Crippen LogP contribution in [0.4, 0.5) is 13.2 Å². The Hall–Kier alpha value is -3.81. The Morgan fingerprint density at radius 1 is 0.973 bits per heavy atom. The van der Waals surface area contributed by atoms with Crippen molar-refractivity contribution >= 4 is 11.9 Å². The van der Waals surface area contributed by atoms with Gasteiger partial charge in [0.1, 0.15) is 11.9 Å². The van der Waals surface area contributed by atoms with E-state index in [-0.39, 0.29) is 18.6 Å². The summed E-state index contributed by atoms with van der Waals surface area (Å²) in [6, 6.07) is 17.5. The first-order chi connectivity index (χ1) is 17.5. The summed E-state index contributed by atoms with van der Waals surface area (Å²) >= 11 is 0. The van der Waals surface area contributed by atoms with Crippen LogP contribution < -0.4 is 10.1 Å². The maximum atomic E-state index is 12.9. The van der Waals surface area contributed by atoms with Gasteiger partial charge in [0.05, 0.1) is 11.5 Å². The van der Waals surface area contributed by atoms with E-state index in [4.69, 9.17) is 9.84 Å². The molecule has 2 atom stereocenters. The van der Waals surface area contributed by atoms with Gasteiger partial charge in [0.15, 0.2) is 0 Å². The van der Waals surface area contributed by atoms with Crippen LogP contribution in [0.3, 0.4) is 0 Å². The normalized spacial score (nSPS) is 13.0. The fourth-order valence-corrected chi connectivity index (χ4v) is 3.89. The molecule has 0 radical (unpaired) electrons. The molecule has 0 aliphatic heterocycles. The highest BCUT2D eigenvalue weighted by atomic mass is 19.4. The minimum atomic E-state index is -4.37. The van der Waals surface area contributed by atoms with Gasteiger partial charge < -0.3 is 15.2 Å². The van der Waals surface area contributed by atoms with Crippen molar-refractivity contribution < 1.29 is 32.6 Å². The van der Waals surface area contributed by atoms with Gasteiger partial charge in [-0.3, -0.25) is 9.59 Å². The third-order valence-corrected chi connectivity index (χ3v) is 6.10. The molecule has 0 bridgehead atoms. The molecule has 0 aliphatic carbocycles. The van der Waals surface area contributed by atoms with Crippen LogP contribution in [-0.2, 0) is 11.0 Å². The lowest BCUT2D eigenvalue weighted by molar-refractivity contribution is -0.141. The molecule has 0 saturated carbocycles. The predicted molar refractivity (Wildman–Crippen MR) is 135 cm³/mol. The number of carboxylic acid groups (broad SMARTS) is 1. The van der Waals surface area contributed by atoms with Crippen LogP contribution in [0.15, 0.2) is 66.7 Å². The Bertz CT molecular complexity index is 1220. The second-order valence-corrected chi connectivity index (χ2v) is 9.02. The number of hydrogen-bond acceptors (Lipinski definition) is 3. The summed E-state index contributed by atoms with van der Waals surface area (Å²) in [6.07, 6.45) is -3.00. The highest BCUT2D eigenvalue weighted by Crippen LogP contribution is 2.33. The fraction of sp³-hybridized carbons (Fsp3) is 0.310. The number of aliphatic carboxylic acids is 1. The molecule has 196 valence electrons. The number of amides is 1. The number of ether oxygens (including phenoxy) is 1. The SMILES string of the molecule is CCC[C@@H](Oc1ccc(C(=O)NC[C@H](C)C(=O)O)cc1)c1ccc(-c2ccc(C(F)(F)F)cc2)cc1C. The molecule has 37 heavy (non-hydrogen) atoms. The summed E-state index contributed by atoms with van der Waals surface area (Å²) < 4.78 is 44.9. The lowest BCUT2D eigenvalue weighted by Crippen LogP contribution is -2.31. The summed E-state index contributed by atoms with van der Waals surface area (Å²) in [7, 11) is 0. The molecule has 0 spiro atoms. The number of carboxylic acids is 1. The van der Waals surface area contributed by atoms with Crippen molar-refractivity contribution in [1.29, 1.82) is 0 Å². The highest BCUT2D eigenvalue weighted by molar-refractivity contribution is 5.94. The van der Waals surface area contributed by atoms with Crippen molar-refractivity contribution in [3.8, 4) is 16.9 Å². The number of carbonyl (C=O) groups is 2. The van der Waals surface area contributed by atoms with Crippen molar-refractivity contribution in [2.75, 3.05) is 6.54 Å². The Kier molecular flexibility index (Phi) is 8.97. The number of rotatable bonds is 10. The van der Waals surface area contributed by atoms with E-state index in [1.165, 1.54) is 19.1 Å². The summed E-state index contributed by atoms with van der Waals surface area (Å²) in [5.41, 5.74) is 3.16. The first-order valence-corrected chi connectivity index (χ1v) is 12.1. The number of aryl methyl sites for hydroxylation is 1. The van der Waals surface area contributed by atoms with Gasteiger partial charge in [-0.05, 0) is 72.0 Å².